The first-order valence-corrected chi connectivity index (χ1v) is 6.73. The number of benzene rings is 1. The van der Waals surface area contributed by atoms with Crippen molar-refractivity contribution in [2.75, 3.05) is 32.2 Å². The van der Waals surface area contributed by atoms with E-state index in [2.05, 4.69) is 5.32 Å². The number of carbonyl (C=O) groups is 2. The second-order valence-electron chi connectivity index (χ2n) is 4.57. The molecule has 0 atom stereocenters. The number of aromatic carboxylic acids is 1. The number of carboxylic acid groups (broad SMARTS) is 1. The third-order valence-corrected chi connectivity index (χ3v) is 2.92. The maximum atomic E-state index is 11.8. The van der Waals surface area contributed by atoms with E-state index in [-0.39, 0.29) is 18.1 Å². The number of furan rings is 1. The van der Waals surface area contributed by atoms with E-state index >= 15 is 0 Å². The molecule has 118 valence electrons. The minimum Gasteiger partial charge on any atom is -0.475 e. The normalized spacial score (nSPS) is 10.8. The number of carbonyl (C=O) groups excluding carboxylic acids is 1. The number of rotatable bonds is 8. The Bertz CT molecular complexity index is 663. The largest absolute Gasteiger partial charge is 0.475 e. The van der Waals surface area contributed by atoms with Gasteiger partial charge in [-0.15, -0.1) is 0 Å². The van der Waals surface area contributed by atoms with Gasteiger partial charge in [-0.05, 0) is 24.3 Å². The van der Waals surface area contributed by atoms with Crippen LogP contribution in [0.25, 0.3) is 11.0 Å². The molecule has 0 bridgehead atoms. The number of nitrogens with one attached hydrogen (secondary N) is 1. The number of hydrogen-bond acceptors (Lipinski definition) is 5. The minimum atomic E-state index is -1.13. The van der Waals surface area contributed by atoms with Crippen LogP contribution in [-0.4, -0.2) is 43.9 Å². The Kier molecular flexibility index (Phi) is 5.51. The minimum absolute atomic E-state index is 0.134. The van der Waals surface area contributed by atoms with Crippen LogP contribution in [0.2, 0.25) is 0 Å². The van der Waals surface area contributed by atoms with E-state index in [1.54, 1.807) is 25.3 Å². The highest BCUT2D eigenvalue weighted by Gasteiger charge is 2.11. The van der Waals surface area contributed by atoms with Gasteiger partial charge in [0.05, 0.1) is 26.2 Å². The van der Waals surface area contributed by atoms with Crippen LogP contribution in [-0.2, 0) is 14.3 Å². The van der Waals surface area contributed by atoms with Gasteiger partial charge in [-0.25, -0.2) is 4.79 Å². The molecule has 2 rings (SSSR count). The summed E-state index contributed by atoms with van der Waals surface area (Å²) in [7, 11) is 1.58. The lowest BCUT2D eigenvalue weighted by Crippen LogP contribution is -2.15. The summed E-state index contributed by atoms with van der Waals surface area (Å²) >= 11 is 0. The van der Waals surface area contributed by atoms with Gasteiger partial charge < -0.3 is 24.3 Å². The first-order chi connectivity index (χ1) is 10.6. The van der Waals surface area contributed by atoms with E-state index in [4.69, 9.17) is 19.0 Å². The van der Waals surface area contributed by atoms with Crippen LogP contribution in [0.1, 0.15) is 17.0 Å². The molecule has 0 saturated heterocycles. The Balaban J connectivity index is 1.90. The quantitative estimate of drug-likeness (QED) is 0.725. The van der Waals surface area contributed by atoms with Gasteiger partial charge >= 0.3 is 5.97 Å². The van der Waals surface area contributed by atoms with Crippen molar-refractivity contribution in [2.24, 2.45) is 0 Å². The van der Waals surface area contributed by atoms with Crippen LogP contribution >= 0.6 is 0 Å². The summed E-state index contributed by atoms with van der Waals surface area (Å²) in [6.07, 6.45) is 0.230. The summed E-state index contributed by atoms with van der Waals surface area (Å²) in [5.74, 6) is -1.45. The van der Waals surface area contributed by atoms with Gasteiger partial charge in [0, 0.05) is 18.2 Å². The molecule has 0 saturated carbocycles. The summed E-state index contributed by atoms with van der Waals surface area (Å²) in [6, 6.07) is 6.35. The average Bonchev–Trinajstić information content (AvgIpc) is 2.90. The molecule has 0 aliphatic heterocycles. The van der Waals surface area contributed by atoms with Crippen molar-refractivity contribution in [3.05, 3.63) is 30.0 Å². The van der Waals surface area contributed by atoms with Crippen molar-refractivity contribution in [3.63, 3.8) is 0 Å². The van der Waals surface area contributed by atoms with Gasteiger partial charge in [-0.2, -0.15) is 0 Å². The van der Waals surface area contributed by atoms with E-state index in [1.807, 2.05) is 0 Å². The van der Waals surface area contributed by atoms with Crippen LogP contribution in [0.15, 0.2) is 28.7 Å². The number of anilines is 1. The van der Waals surface area contributed by atoms with Gasteiger partial charge in [0.15, 0.2) is 0 Å². The molecule has 1 heterocycles. The monoisotopic (exact) mass is 307 g/mol. The second kappa shape index (κ2) is 7.58. The first-order valence-electron chi connectivity index (χ1n) is 6.73. The average molecular weight is 307 g/mol. The lowest BCUT2D eigenvalue weighted by molar-refractivity contribution is -0.117. The van der Waals surface area contributed by atoms with Crippen molar-refractivity contribution in [1.29, 1.82) is 0 Å². The number of carboxylic acids is 1. The predicted octanol–water partition coefficient (Wildman–Crippen LogP) is 2.12. The molecule has 2 N–H and O–H groups in total. The molecule has 22 heavy (non-hydrogen) atoms. The lowest BCUT2D eigenvalue weighted by atomic mass is 10.2. The molecule has 0 aliphatic carbocycles. The topological polar surface area (TPSA) is 98.0 Å². The number of methoxy groups -OCH3 is 1. The van der Waals surface area contributed by atoms with E-state index in [9.17, 15) is 9.59 Å². The van der Waals surface area contributed by atoms with Crippen molar-refractivity contribution in [3.8, 4) is 0 Å². The van der Waals surface area contributed by atoms with Crippen LogP contribution in [0.4, 0.5) is 5.69 Å². The number of amides is 1. The van der Waals surface area contributed by atoms with E-state index in [0.717, 1.165) is 0 Å². The molecule has 7 heteroatoms. The van der Waals surface area contributed by atoms with Crippen molar-refractivity contribution < 1.29 is 28.6 Å². The Morgan fingerprint density at radius 2 is 2.05 bits per heavy atom. The molecule has 1 amide bonds. The summed E-state index contributed by atoms with van der Waals surface area (Å²) in [6.45, 7) is 1.25. The summed E-state index contributed by atoms with van der Waals surface area (Å²) < 4.78 is 15.2. The van der Waals surface area contributed by atoms with Crippen molar-refractivity contribution >= 4 is 28.5 Å². The maximum Gasteiger partial charge on any atom is 0.371 e. The number of hydrogen-bond donors (Lipinski definition) is 2. The predicted molar refractivity (Wildman–Crippen MR) is 79.1 cm³/mol. The molecule has 2 aromatic rings. The summed E-state index contributed by atoms with van der Waals surface area (Å²) in [5.41, 5.74) is 1.03. The molecule has 1 aromatic carbocycles. The van der Waals surface area contributed by atoms with Gasteiger partial charge in [0.1, 0.15) is 5.58 Å². The second-order valence-corrected chi connectivity index (χ2v) is 4.57. The third-order valence-electron chi connectivity index (χ3n) is 2.92. The lowest BCUT2D eigenvalue weighted by Gasteiger charge is -2.06. The zero-order chi connectivity index (χ0) is 15.9. The van der Waals surface area contributed by atoms with E-state index in [1.165, 1.54) is 6.07 Å². The Morgan fingerprint density at radius 1 is 1.23 bits per heavy atom. The molecular weight excluding hydrogens is 290 g/mol. The van der Waals surface area contributed by atoms with Crippen LogP contribution in [0.5, 0.6) is 0 Å². The molecule has 7 nitrogen and oxygen atoms in total. The van der Waals surface area contributed by atoms with Gasteiger partial charge in [0.2, 0.25) is 11.7 Å². The van der Waals surface area contributed by atoms with Crippen molar-refractivity contribution in [2.45, 2.75) is 6.42 Å². The third kappa shape index (κ3) is 4.31. The number of fused-ring (bicyclic) bond motifs is 1. The molecule has 0 fully saturated rings. The van der Waals surface area contributed by atoms with Crippen LogP contribution in [0.3, 0.4) is 0 Å². The highest BCUT2D eigenvalue weighted by atomic mass is 16.5. The Morgan fingerprint density at radius 3 is 2.77 bits per heavy atom. The molecule has 0 aliphatic rings. The molecule has 0 unspecified atom stereocenters. The fraction of sp³-hybridized carbons (Fsp3) is 0.333. The fourth-order valence-electron chi connectivity index (χ4n) is 1.86. The van der Waals surface area contributed by atoms with Gasteiger partial charge in [0.25, 0.3) is 0 Å². The highest BCUT2D eigenvalue weighted by molar-refractivity contribution is 5.95. The molecule has 0 spiro atoms. The molecular formula is C15H17NO6. The Labute approximate surface area is 126 Å². The summed E-state index contributed by atoms with van der Waals surface area (Å²) in [5, 5.41) is 12.2. The molecule has 0 radical (unpaired) electrons. The van der Waals surface area contributed by atoms with Crippen molar-refractivity contribution in [1.82, 2.24) is 0 Å². The van der Waals surface area contributed by atoms with Crippen LogP contribution in [0, 0.1) is 0 Å². The van der Waals surface area contributed by atoms with E-state index in [0.29, 0.717) is 36.5 Å². The highest BCUT2D eigenvalue weighted by Crippen LogP contribution is 2.23. The fourth-order valence-corrected chi connectivity index (χ4v) is 1.86. The van der Waals surface area contributed by atoms with Gasteiger partial charge in [-0.3, -0.25) is 4.79 Å². The molecule has 1 aromatic heterocycles. The first kappa shape index (κ1) is 16.0. The SMILES string of the molecule is COCCOCCC(=O)Nc1ccc2oc(C(=O)O)cc2c1. The smallest absolute Gasteiger partial charge is 0.371 e. The van der Waals surface area contributed by atoms with Gasteiger partial charge in [-0.1, -0.05) is 0 Å². The zero-order valence-electron chi connectivity index (χ0n) is 12.1. The maximum absolute atomic E-state index is 11.8. The zero-order valence-corrected chi connectivity index (χ0v) is 12.1. The Hall–Kier alpha value is -2.38. The standard InChI is InChI=1S/C15H17NO6/c1-20-6-7-21-5-4-14(17)16-11-2-3-12-10(8-11)9-13(22-12)15(18)19/h2-3,8-9H,4-7H2,1H3,(H,16,17)(H,18,19). The summed E-state index contributed by atoms with van der Waals surface area (Å²) in [4.78, 5) is 22.6. The van der Waals surface area contributed by atoms with Crippen LogP contribution < -0.4 is 5.32 Å². The number of ether oxygens (including phenoxy) is 2. The van der Waals surface area contributed by atoms with E-state index < -0.39 is 5.97 Å².